The van der Waals surface area contributed by atoms with Gasteiger partial charge in [-0.2, -0.15) is 4.80 Å². The second-order valence-electron chi connectivity index (χ2n) is 6.08. The summed E-state index contributed by atoms with van der Waals surface area (Å²) in [4.78, 5) is 13.8. The number of carbonyl (C=O) groups excluding carboxylic acids is 1. The second kappa shape index (κ2) is 6.81. The van der Waals surface area contributed by atoms with E-state index in [0.29, 0.717) is 21.7 Å². The summed E-state index contributed by atoms with van der Waals surface area (Å²) in [6, 6.07) is 16.8. The molecule has 0 aliphatic rings. The third-order valence-electron chi connectivity index (χ3n) is 4.10. The van der Waals surface area contributed by atoms with E-state index in [2.05, 4.69) is 15.5 Å². The Morgan fingerprint density at radius 2 is 1.70 bits per heavy atom. The number of nitrogens with zero attached hydrogens (tertiary/aromatic N) is 3. The molecule has 1 N–H and O–H groups in total. The maximum atomic E-state index is 13.8. The number of anilines is 1. The van der Waals surface area contributed by atoms with Gasteiger partial charge in [0, 0.05) is 0 Å². The van der Waals surface area contributed by atoms with Crippen LogP contribution in [0.3, 0.4) is 0 Å². The van der Waals surface area contributed by atoms with E-state index < -0.39 is 11.7 Å². The quantitative estimate of drug-likeness (QED) is 0.556. The minimum Gasteiger partial charge on any atom is -0.320 e. The molecular weight excluding hydrogens is 367 g/mol. The van der Waals surface area contributed by atoms with Crippen LogP contribution < -0.4 is 5.32 Å². The fraction of sp³-hybridized carbons (Fsp3) is 0.0500. The molecule has 0 bridgehead atoms. The Labute approximate surface area is 159 Å². The lowest BCUT2D eigenvalue weighted by Crippen LogP contribution is -2.13. The van der Waals surface area contributed by atoms with Gasteiger partial charge in [0.1, 0.15) is 16.9 Å². The zero-order chi connectivity index (χ0) is 19.0. The van der Waals surface area contributed by atoms with Crippen LogP contribution in [0.1, 0.15) is 15.9 Å². The van der Waals surface area contributed by atoms with Crippen molar-refractivity contribution < 1.29 is 9.18 Å². The Kier molecular flexibility index (Phi) is 4.33. The number of benzene rings is 3. The van der Waals surface area contributed by atoms with Crippen molar-refractivity contribution in [3.63, 3.8) is 0 Å². The summed E-state index contributed by atoms with van der Waals surface area (Å²) in [7, 11) is 0. The lowest BCUT2D eigenvalue weighted by atomic mass is 10.2. The minimum absolute atomic E-state index is 0.0584. The fourth-order valence-corrected chi connectivity index (χ4v) is 2.87. The molecule has 134 valence electrons. The standard InChI is InChI=1S/C20H14ClFN4O/c1-12-6-8-13(9-7-12)26-24-18-10-15(21)17(11-19(18)25-26)23-20(27)14-4-2-3-5-16(14)22/h2-11H,1H3,(H,23,27). The van der Waals surface area contributed by atoms with Gasteiger partial charge in [-0.1, -0.05) is 41.4 Å². The molecule has 27 heavy (non-hydrogen) atoms. The maximum absolute atomic E-state index is 13.8. The molecule has 1 heterocycles. The van der Waals surface area contributed by atoms with Crippen molar-refractivity contribution in [3.8, 4) is 5.69 Å². The molecule has 3 aromatic carbocycles. The number of hydrogen-bond acceptors (Lipinski definition) is 3. The number of carbonyl (C=O) groups is 1. The monoisotopic (exact) mass is 380 g/mol. The smallest absolute Gasteiger partial charge is 0.258 e. The van der Waals surface area contributed by atoms with E-state index in [1.807, 2.05) is 31.2 Å². The van der Waals surface area contributed by atoms with Gasteiger partial charge in [-0.25, -0.2) is 4.39 Å². The van der Waals surface area contributed by atoms with Gasteiger partial charge in [0.15, 0.2) is 0 Å². The van der Waals surface area contributed by atoms with E-state index in [1.165, 1.54) is 23.0 Å². The zero-order valence-corrected chi connectivity index (χ0v) is 15.0. The van der Waals surface area contributed by atoms with Gasteiger partial charge in [-0.15, -0.1) is 10.2 Å². The van der Waals surface area contributed by atoms with E-state index in [1.54, 1.807) is 18.2 Å². The molecule has 0 radical (unpaired) electrons. The second-order valence-corrected chi connectivity index (χ2v) is 6.49. The number of halogens is 2. The maximum Gasteiger partial charge on any atom is 0.258 e. The summed E-state index contributed by atoms with van der Waals surface area (Å²) in [5.74, 6) is -1.18. The number of nitrogens with one attached hydrogen (secondary N) is 1. The van der Waals surface area contributed by atoms with Crippen molar-refractivity contribution in [1.82, 2.24) is 15.0 Å². The van der Waals surface area contributed by atoms with Crippen LogP contribution in [0.4, 0.5) is 10.1 Å². The number of aryl methyl sites for hydroxylation is 1. The predicted molar refractivity (Wildman–Crippen MR) is 103 cm³/mol. The topological polar surface area (TPSA) is 59.8 Å². The summed E-state index contributed by atoms with van der Waals surface area (Å²) in [5.41, 5.74) is 3.38. The molecule has 0 saturated carbocycles. The molecule has 7 heteroatoms. The van der Waals surface area contributed by atoms with Gasteiger partial charge in [0.2, 0.25) is 0 Å². The van der Waals surface area contributed by atoms with Gasteiger partial charge < -0.3 is 5.32 Å². The van der Waals surface area contributed by atoms with Crippen LogP contribution in [0, 0.1) is 12.7 Å². The Bertz CT molecular complexity index is 1150. The first-order chi connectivity index (χ1) is 13.0. The Hall–Kier alpha value is -3.25. The van der Waals surface area contributed by atoms with Gasteiger partial charge in [-0.3, -0.25) is 4.79 Å². The van der Waals surface area contributed by atoms with Gasteiger partial charge in [0.05, 0.1) is 22.0 Å². The number of rotatable bonds is 3. The highest BCUT2D eigenvalue weighted by Crippen LogP contribution is 2.27. The number of fused-ring (bicyclic) bond motifs is 1. The van der Waals surface area contributed by atoms with E-state index in [0.717, 1.165) is 11.3 Å². The zero-order valence-electron chi connectivity index (χ0n) is 14.3. The summed E-state index contributed by atoms with van der Waals surface area (Å²) in [6.07, 6.45) is 0. The van der Waals surface area contributed by atoms with Crippen LogP contribution in [0.15, 0.2) is 60.7 Å². The summed E-state index contributed by atoms with van der Waals surface area (Å²) in [5, 5.41) is 11.8. The number of amides is 1. The third-order valence-corrected chi connectivity index (χ3v) is 4.41. The molecular formula is C20H14ClFN4O. The first kappa shape index (κ1) is 17.2. The largest absolute Gasteiger partial charge is 0.320 e. The summed E-state index contributed by atoms with van der Waals surface area (Å²) >= 11 is 6.27. The average molecular weight is 381 g/mol. The molecule has 0 aliphatic heterocycles. The summed E-state index contributed by atoms with van der Waals surface area (Å²) < 4.78 is 13.8. The van der Waals surface area contributed by atoms with E-state index in [-0.39, 0.29) is 5.56 Å². The number of hydrogen-bond donors (Lipinski definition) is 1. The van der Waals surface area contributed by atoms with Crippen LogP contribution in [-0.2, 0) is 0 Å². The molecule has 0 aliphatic carbocycles. The van der Waals surface area contributed by atoms with Gasteiger partial charge in [-0.05, 0) is 43.3 Å². The van der Waals surface area contributed by atoms with Crippen LogP contribution in [0.25, 0.3) is 16.7 Å². The predicted octanol–water partition coefficient (Wildman–Crippen LogP) is 4.77. The Balaban J connectivity index is 1.68. The van der Waals surface area contributed by atoms with Crippen molar-refractivity contribution in [2.24, 2.45) is 0 Å². The molecule has 4 aromatic rings. The van der Waals surface area contributed by atoms with Crippen molar-refractivity contribution in [1.29, 1.82) is 0 Å². The molecule has 0 fully saturated rings. The highest BCUT2D eigenvalue weighted by molar-refractivity contribution is 6.34. The first-order valence-corrected chi connectivity index (χ1v) is 8.58. The van der Waals surface area contributed by atoms with Gasteiger partial charge >= 0.3 is 0 Å². The Morgan fingerprint density at radius 3 is 2.41 bits per heavy atom. The normalized spacial score (nSPS) is 10.9. The third kappa shape index (κ3) is 3.39. The van der Waals surface area contributed by atoms with Crippen LogP contribution >= 0.6 is 11.6 Å². The summed E-state index contributed by atoms with van der Waals surface area (Å²) in [6.45, 7) is 2.00. The van der Waals surface area contributed by atoms with Crippen molar-refractivity contribution in [2.75, 3.05) is 5.32 Å². The van der Waals surface area contributed by atoms with Crippen LogP contribution in [0.5, 0.6) is 0 Å². The highest BCUT2D eigenvalue weighted by atomic mass is 35.5. The van der Waals surface area contributed by atoms with Crippen molar-refractivity contribution >= 4 is 34.2 Å². The first-order valence-electron chi connectivity index (χ1n) is 8.21. The average Bonchev–Trinajstić information content (AvgIpc) is 3.05. The van der Waals surface area contributed by atoms with E-state index in [9.17, 15) is 9.18 Å². The SMILES string of the molecule is Cc1ccc(-n2nc3cc(Cl)c(NC(=O)c4ccccc4F)cc3n2)cc1. The fourth-order valence-electron chi connectivity index (χ4n) is 2.66. The molecule has 0 atom stereocenters. The number of aromatic nitrogens is 3. The van der Waals surface area contributed by atoms with Crippen LogP contribution in [0.2, 0.25) is 5.02 Å². The van der Waals surface area contributed by atoms with E-state index >= 15 is 0 Å². The Morgan fingerprint density at radius 1 is 1.04 bits per heavy atom. The van der Waals surface area contributed by atoms with Crippen molar-refractivity contribution in [2.45, 2.75) is 6.92 Å². The molecule has 4 rings (SSSR count). The molecule has 0 spiro atoms. The van der Waals surface area contributed by atoms with Crippen LogP contribution in [-0.4, -0.2) is 20.9 Å². The molecule has 1 amide bonds. The van der Waals surface area contributed by atoms with Crippen molar-refractivity contribution in [3.05, 3.63) is 82.6 Å². The van der Waals surface area contributed by atoms with E-state index in [4.69, 9.17) is 11.6 Å². The minimum atomic E-state index is -0.600. The lowest BCUT2D eigenvalue weighted by molar-refractivity contribution is 0.102. The lowest BCUT2D eigenvalue weighted by Gasteiger charge is -2.07. The molecule has 5 nitrogen and oxygen atoms in total. The molecule has 0 unspecified atom stereocenters. The highest BCUT2D eigenvalue weighted by Gasteiger charge is 2.15. The molecule has 1 aromatic heterocycles. The molecule has 0 saturated heterocycles. The van der Waals surface area contributed by atoms with Gasteiger partial charge in [0.25, 0.3) is 5.91 Å².